The zero-order valence-electron chi connectivity index (χ0n) is 15.7. The zero-order chi connectivity index (χ0) is 20.7. The van der Waals surface area contributed by atoms with Crippen LogP contribution in [0.5, 0.6) is 0 Å². The van der Waals surface area contributed by atoms with E-state index in [0.717, 1.165) is 15.5 Å². The van der Waals surface area contributed by atoms with Gasteiger partial charge in [0.1, 0.15) is 17.6 Å². The molecule has 1 aliphatic rings. The fourth-order valence-electron chi connectivity index (χ4n) is 3.35. The van der Waals surface area contributed by atoms with E-state index < -0.39 is 11.6 Å². The van der Waals surface area contributed by atoms with Gasteiger partial charge < -0.3 is 9.84 Å². The number of nitrogens with zero attached hydrogens (tertiary/aromatic N) is 6. The van der Waals surface area contributed by atoms with Gasteiger partial charge in [-0.3, -0.25) is 9.69 Å². The lowest BCUT2D eigenvalue weighted by molar-refractivity contribution is -0.131. The zero-order valence-corrected chi connectivity index (χ0v) is 16.5. The normalized spacial score (nSPS) is 18.8. The third-order valence-electron chi connectivity index (χ3n) is 4.98. The van der Waals surface area contributed by atoms with Gasteiger partial charge in [0.15, 0.2) is 5.76 Å². The van der Waals surface area contributed by atoms with E-state index in [2.05, 4.69) is 26.0 Å². The van der Waals surface area contributed by atoms with Crippen LogP contribution in [0.15, 0.2) is 58.7 Å². The molecule has 0 unspecified atom stereocenters. The average Bonchev–Trinajstić information content (AvgIpc) is 3.54. The predicted octanol–water partition coefficient (Wildman–Crippen LogP) is 2.35. The van der Waals surface area contributed by atoms with Crippen LogP contribution in [0.25, 0.3) is 16.3 Å². The number of amides is 3. The van der Waals surface area contributed by atoms with E-state index in [1.165, 1.54) is 22.3 Å². The van der Waals surface area contributed by atoms with E-state index in [4.69, 9.17) is 4.52 Å². The van der Waals surface area contributed by atoms with Gasteiger partial charge in [0.2, 0.25) is 0 Å². The van der Waals surface area contributed by atoms with Gasteiger partial charge in [-0.25, -0.2) is 9.48 Å². The highest BCUT2D eigenvalue weighted by Gasteiger charge is 2.49. The molecule has 150 valence electrons. The molecule has 1 saturated heterocycles. The van der Waals surface area contributed by atoms with Gasteiger partial charge in [-0.2, -0.15) is 0 Å². The summed E-state index contributed by atoms with van der Waals surface area (Å²) in [6.45, 7) is 1.71. The van der Waals surface area contributed by atoms with Crippen molar-refractivity contribution in [1.29, 1.82) is 0 Å². The minimum absolute atomic E-state index is 0.0256. The summed E-state index contributed by atoms with van der Waals surface area (Å²) in [6.07, 6.45) is 1.48. The van der Waals surface area contributed by atoms with E-state index in [9.17, 15) is 9.59 Å². The number of carbonyl (C=O) groups is 2. The van der Waals surface area contributed by atoms with Crippen LogP contribution in [0.2, 0.25) is 0 Å². The third-order valence-corrected chi connectivity index (χ3v) is 5.86. The number of thiophene rings is 1. The van der Waals surface area contributed by atoms with Gasteiger partial charge in [0.25, 0.3) is 5.91 Å². The summed E-state index contributed by atoms with van der Waals surface area (Å²) >= 11 is 1.52. The number of nitrogens with one attached hydrogen (secondary N) is 1. The smallest absolute Gasteiger partial charge is 0.325 e. The summed E-state index contributed by atoms with van der Waals surface area (Å²) in [7, 11) is 0. The second-order valence-electron chi connectivity index (χ2n) is 6.91. The van der Waals surface area contributed by atoms with Crippen molar-refractivity contribution in [2.24, 2.45) is 0 Å². The lowest BCUT2D eigenvalue weighted by atomic mass is 9.92. The topological polar surface area (TPSA) is 119 Å². The van der Waals surface area contributed by atoms with Crippen molar-refractivity contribution >= 4 is 23.3 Å². The Balaban J connectivity index is 1.37. The minimum atomic E-state index is -1.18. The van der Waals surface area contributed by atoms with Crippen LogP contribution in [-0.2, 0) is 16.9 Å². The average molecular weight is 421 g/mol. The number of tetrazole rings is 1. The summed E-state index contributed by atoms with van der Waals surface area (Å²) in [4.78, 5) is 27.8. The predicted molar refractivity (Wildman–Crippen MR) is 105 cm³/mol. The molecule has 0 saturated carbocycles. The van der Waals surface area contributed by atoms with Crippen LogP contribution in [-0.4, -0.2) is 42.2 Å². The minimum Gasteiger partial charge on any atom is -0.355 e. The largest absolute Gasteiger partial charge is 0.355 e. The van der Waals surface area contributed by atoms with Gasteiger partial charge in [0, 0.05) is 6.07 Å². The highest BCUT2D eigenvalue weighted by atomic mass is 32.1. The van der Waals surface area contributed by atoms with Crippen molar-refractivity contribution in [2.75, 3.05) is 0 Å². The van der Waals surface area contributed by atoms with Crippen molar-refractivity contribution in [3.63, 3.8) is 0 Å². The Morgan fingerprint density at radius 3 is 2.73 bits per heavy atom. The molecule has 0 aliphatic carbocycles. The molecule has 30 heavy (non-hydrogen) atoms. The number of urea groups is 1. The molecule has 1 fully saturated rings. The number of rotatable bonds is 5. The fraction of sp³-hybridized carbons (Fsp3) is 0.158. The SMILES string of the molecule is C[C@]1(c2ccc(-n3cnnn3)cc2)NC(=O)N(Cc2cc(-c3cccs3)on2)C1=O. The molecule has 0 radical (unpaired) electrons. The number of aromatic nitrogens is 5. The summed E-state index contributed by atoms with van der Waals surface area (Å²) < 4.78 is 6.85. The number of imide groups is 1. The Labute approximate surface area is 174 Å². The first-order valence-electron chi connectivity index (χ1n) is 9.02. The van der Waals surface area contributed by atoms with Gasteiger partial charge in [-0.1, -0.05) is 23.4 Å². The first kappa shape index (κ1) is 18.2. The number of benzene rings is 1. The summed E-state index contributed by atoms with van der Waals surface area (Å²) in [5, 5.41) is 19.8. The van der Waals surface area contributed by atoms with E-state index in [1.807, 2.05) is 17.5 Å². The summed E-state index contributed by atoms with van der Waals surface area (Å²) in [6, 6.07) is 12.2. The fourth-order valence-corrected chi connectivity index (χ4v) is 4.02. The molecule has 1 aromatic carbocycles. The lowest BCUT2D eigenvalue weighted by Crippen LogP contribution is -2.40. The monoisotopic (exact) mass is 421 g/mol. The maximum Gasteiger partial charge on any atom is 0.325 e. The number of hydrogen-bond acceptors (Lipinski definition) is 8. The van der Waals surface area contributed by atoms with Crippen LogP contribution >= 0.6 is 11.3 Å². The molecule has 1 N–H and O–H groups in total. The molecule has 3 aromatic heterocycles. The van der Waals surface area contributed by atoms with E-state index in [1.54, 1.807) is 37.3 Å². The van der Waals surface area contributed by atoms with Crippen LogP contribution in [0.1, 0.15) is 18.2 Å². The van der Waals surface area contributed by atoms with Gasteiger partial charge in [-0.15, -0.1) is 16.4 Å². The van der Waals surface area contributed by atoms with Gasteiger partial charge in [0.05, 0.1) is 17.1 Å². The quantitative estimate of drug-likeness (QED) is 0.491. The molecule has 0 bridgehead atoms. The first-order valence-corrected chi connectivity index (χ1v) is 9.90. The van der Waals surface area contributed by atoms with E-state index in [-0.39, 0.29) is 12.5 Å². The van der Waals surface area contributed by atoms with Crippen LogP contribution < -0.4 is 5.32 Å². The third kappa shape index (κ3) is 2.95. The standard InChI is InChI=1S/C19H15N7O3S/c1-19(12-4-6-14(7-5-12)26-11-20-23-24-26)17(27)25(18(28)21-19)10-13-9-15(29-22-13)16-3-2-8-30-16/h2-9,11H,10H2,1H3,(H,21,28)/t19-/m1/s1. The van der Waals surface area contributed by atoms with Crippen LogP contribution in [0.3, 0.4) is 0 Å². The molecule has 4 aromatic rings. The van der Waals surface area contributed by atoms with E-state index >= 15 is 0 Å². The van der Waals surface area contributed by atoms with Gasteiger partial charge in [-0.05, 0) is 46.5 Å². The highest BCUT2D eigenvalue weighted by molar-refractivity contribution is 7.13. The first-order chi connectivity index (χ1) is 14.5. The second-order valence-corrected chi connectivity index (χ2v) is 7.86. The molecule has 1 atom stereocenters. The highest BCUT2D eigenvalue weighted by Crippen LogP contribution is 2.31. The van der Waals surface area contributed by atoms with Crippen LogP contribution in [0, 0.1) is 0 Å². The molecule has 0 spiro atoms. The van der Waals surface area contributed by atoms with Crippen molar-refractivity contribution in [3.8, 4) is 16.3 Å². The Morgan fingerprint density at radius 1 is 1.20 bits per heavy atom. The molecule has 4 heterocycles. The molecular weight excluding hydrogens is 406 g/mol. The maximum absolute atomic E-state index is 13.1. The number of carbonyl (C=O) groups excluding carboxylic acids is 2. The molecule has 1 aliphatic heterocycles. The van der Waals surface area contributed by atoms with Crippen molar-refractivity contribution in [3.05, 3.63) is 65.4 Å². The van der Waals surface area contributed by atoms with E-state index in [0.29, 0.717) is 17.0 Å². The van der Waals surface area contributed by atoms with Crippen LogP contribution in [0.4, 0.5) is 4.79 Å². The summed E-state index contributed by atoms with van der Waals surface area (Å²) in [5.41, 5.74) is 0.709. The van der Waals surface area contributed by atoms with Crippen molar-refractivity contribution in [2.45, 2.75) is 19.0 Å². The molecule has 3 amide bonds. The van der Waals surface area contributed by atoms with Crippen molar-refractivity contribution < 1.29 is 14.1 Å². The molecule has 11 heteroatoms. The van der Waals surface area contributed by atoms with Gasteiger partial charge >= 0.3 is 6.03 Å². The second kappa shape index (κ2) is 6.88. The Hall–Kier alpha value is -3.86. The summed E-state index contributed by atoms with van der Waals surface area (Å²) in [5.74, 6) is 0.247. The Morgan fingerprint density at radius 2 is 2.03 bits per heavy atom. The Bertz CT molecular complexity index is 1200. The van der Waals surface area contributed by atoms with Crippen molar-refractivity contribution in [1.82, 2.24) is 35.6 Å². The lowest BCUT2D eigenvalue weighted by Gasteiger charge is -2.22. The molecule has 5 rings (SSSR count). The maximum atomic E-state index is 13.1. The molecular formula is C19H15N7O3S. The molecule has 10 nitrogen and oxygen atoms in total. The number of hydrogen-bond donors (Lipinski definition) is 1. The Kier molecular flexibility index (Phi) is 4.17.